The van der Waals surface area contributed by atoms with E-state index < -0.39 is 0 Å². The van der Waals surface area contributed by atoms with Crippen molar-refractivity contribution in [2.45, 2.75) is 76.3 Å². The Balaban J connectivity index is 1.63. The fourth-order valence-electron chi connectivity index (χ4n) is 3.87. The molecule has 0 saturated heterocycles. The molecular weight excluding hydrogens is 170 g/mol. The maximum Gasteiger partial charge on any atom is 0.0156 e. The molecule has 3 fully saturated rings. The van der Waals surface area contributed by atoms with Crippen molar-refractivity contribution < 1.29 is 0 Å². The van der Waals surface area contributed by atoms with E-state index in [9.17, 15) is 0 Å². The molecule has 3 aliphatic carbocycles. The molecule has 0 aliphatic heterocycles. The summed E-state index contributed by atoms with van der Waals surface area (Å²) in [6.07, 6.45) is 13.3. The summed E-state index contributed by atoms with van der Waals surface area (Å²) < 4.78 is 0. The van der Waals surface area contributed by atoms with Crippen molar-refractivity contribution in [1.82, 2.24) is 5.32 Å². The Hall–Kier alpha value is -0.0400. The molecule has 0 amide bonds. The Morgan fingerprint density at radius 3 is 2.07 bits per heavy atom. The van der Waals surface area contributed by atoms with Gasteiger partial charge in [-0.1, -0.05) is 12.8 Å². The van der Waals surface area contributed by atoms with Crippen molar-refractivity contribution in [1.29, 1.82) is 0 Å². The van der Waals surface area contributed by atoms with Gasteiger partial charge in [0.15, 0.2) is 0 Å². The molecule has 0 heterocycles. The molecule has 0 aromatic rings. The zero-order valence-electron chi connectivity index (χ0n) is 9.44. The standard InChI is InChI=1S/C13H23N/c1-12(6-4-7-12)14-11-5-10-13(11)8-2-3-9-13/h11,14H,2-10H2,1H3. The number of rotatable bonds is 2. The molecule has 3 rings (SSSR count). The number of hydrogen-bond donors (Lipinski definition) is 1. The van der Waals surface area contributed by atoms with E-state index in [0.717, 1.165) is 11.5 Å². The SMILES string of the molecule is CC1(NC2CCC23CCCC3)CCC1. The van der Waals surface area contributed by atoms with Crippen LogP contribution in [-0.4, -0.2) is 11.6 Å². The minimum Gasteiger partial charge on any atom is -0.308 e. The van der Waals surface area contributed by atoms with Crippen molar-refractivity contribution in [3.05, 3.63) is 0 Å². The lowest BCUT2D eigenvalue weighted by molar-refractivity contribution is 0.0284. The van der Waals surface area contributed by atoms with E-state index in [1.165, 1.54) is 57.8 Å². The molecule has 1 unspecified atom stereocenters. The van der Waals surface area contributed by atoms with Crippen LogP contribution in [0.2, 0.25) is 0 Å². The Bertz CT molecular complexity index is 223. The van der Waals surface area contributed by atoms with E-state index >= 15 is 0 Å². The topological polar surface area (TPSA) is 12.0 Å². The lowest BCUT2D eigenvalue weighted by Crippen LogP contribution is -2.61. The van der Waals surface area contributed by atoms with Gasteiger partial charge in [0.25, 0.3) is 0 Å². The summed E-state index contributed by atoms with van der Waals surface area (Å²) in [5, 5.41) is 3.96. The molecule has 3 aliphatic rings. The van der Waals surface area contributed by atoms with Crippen LogP contribution in [-0.2, 0) is 0 Å². The lowest BCUT2D eigenvalue weighted by Gasteiger charge is -2.54. The Kier molecular flexibility index (Phi) is 1.96. The summed E-state index contributed by atoms with van der Waals surface area (Å²) in [5.41, 5.74) is 1.29. The fourth-order valence-corrected chi connectivity index (χ4v) is 3.87. The fraction of sp³-hybridized carbons (Fsp3) is 1.00. The first kappa shape index (κ1) is 9.21. The van der Waals surface area contributed by atoms with Crippen LogP contribution in [0.1, 0.15) is 64.7 Å². The summed E-state index contributed by atoms with van der Waals surface area (Å²) in [6, 6.07) is 0.885. The zero-order valence-corrected chi connectivity index (χ0v) is 9.44. The maximum atomic E-state index is 3.96. The van der Waals surface area contributed by atoms with Crippen molar-refractivity contribution in [3.63, 3.8) is 0 Å². The van der Waals surface area contributed by atoms with Gasteiger partial charge < -0.3 is 5.32 Å². The van der Waals surface area contributed by atoms with Crippen LogP contribution in [0.4, 0.5) is 0 Å². The first-order valence-corrected chi connectivity index (χ1v) is 6.50. The molecule has 0 aromatic heterocycles. The predicted molar refractivity (Wildman–Crippen MR) is 59.3 cm³/mol. The molecule has 0 radical (unpaired) electrons. The first-order chi connectivity index (χ1) is 6.73. The Morgan fingerprint density at radius 1 is 0.929 bits per heavy atom. The van der Waals surface area contributed by atoms with Gasteiger partial charge in [-0.05, 0) is 57.3 Å². The van der Waals surface area contributed by atoms with Gasteiger partial charge in [0.1, 0.15) is 0 Å². The molecule has 14 heavy (non-hydrogen) atoms. The maximum absolute atomic E-state index is 3.96. The van der Waals surface area contributed by atoms with Crippen molar-refractivity contribution in [2.24, 2.45) is 5.41 Å². The third-order valence-electron chi connectivity index (χ3n) is 5.25. The van der Waals surface area contributed by atoms with Crippen LogP contribution < -0.4 is 5.32 Å². The van der Waals surface area contributed by atoms with Gasteiger partial charge in [-0.3, -0.25) is 0 Å². The van der Waals surface area contributed by atoms with Gasteiger partial charge in [0.05, 0.1) is 0 Å². The molecule has 1 N–H and O–H groups in total. The van der Waals surface area contributed by atoms with Gasteiger partial charge >= 0.3 is 0 Å². The third-order valence-corrected chi connectivity index (χ3v) is 5.25. The number of hydrogen-bond acceptors (Lipinski definition) is 1. The van der Waals surface area contributed by atoms with Crippen molar-refractivity contribution in [2.75, 3.05) is 0 Å². The Labute approximate surface area is 87.7 Å². The average molecular weight is 193 g/mol. The van der Waals surface area contributed by atoms with Gasteiger partial charge in [0.2, 0.25) is 0 Å². The molecule has 1 atom stereocenters. The average Bonchev–Trinajstić information content (AvgIpc) is 2.60. The first-order valence-electron chi connectivity index (χ1n) is 6.50. The summed E-state index contributed by atoms with van der Waals surface area (Å²) in [4.78, 5) is 0. The van der Waals surface area contributed by atoms with Crippen molar-refractivity contribution >= 4 is 0 Å². The van der Waals surface area contributed by atoms with Crippen LogP contribution in [0.15, 0.2) is 0 Å². The summed E-state index contributed by atoms with van der Waals surface area (Å²) in [5.74, 6) is 0. The highest BCUT2D eigenvalue weighted by atomic mass is 15.1. The monoisotopic (exact) mass is 193 g/mol. The second-order valence-electron chi connectivity index (χ2n) is 6.22. The summed E-state index contributed by atoms with van der Waals surface area (Å²) in [6.45, 7) is 2.43. The van der Waals surface area contributed by atoms with E-state index in [1.54, 1.807) is 0 Å². The molecule has 3 saturated carbocycles. The lowest BCUT2D eigenvalue weighted by atomic mass is 9.61. The van der Waals surface area contributed by atoms with E-state index in [2.05, 4.69) is 12.2 Å². The van der Waals surface area contributed by atoms with Gasteiger partial charge in [-0.2, -0.15) is 0 Å². The minimum absolute atomic E-state index is 0.528. The van der Waals surface area contributed by atoms with Crippen molar-refractivity contribution in [3.8, 4) is 0 Å². The zero-order chi connectivity index (χ0) is 9.65. The predicted octanol–water partition coefficient (Wildman–Crippen LogP) is 3.24. The van der Waals surface area contributed by atoms with E-state index in [0.29, 0.717) is 5.54 Å². The van der Waals surface area contributed by atoms with Crippen LogP contribution in [0.3, 0.4) is 0 Å². The highest BCUT2D eigenvalue weighted by Gasteiger charge is 2.50. The van der Waals surface area contributed by atoms with Crippen LogP contribution in [0.5, 0.6) is 0 Å². The normalized spacial score (nSPS) is 37.9. The van der Waals surface area contributed by atoms with Crippen LogP contribution in [0, 0.1) is 5.41 Å². The highest BCUT2D eigenvalue weighted by molar-refractivity contribution is 5.06. The molecule has 0 aromatic carbocycles. The molecule has 1 spiro atoms. The second kappa shape index (κ2) is 2.98. The van der Waals surface area contributed by atoms with Gasteiger partial charge in [-0.15, -0.1) is 0 Å². The van der Waals surface area contributed by atoms with E-state index in [4.69, 9.17) is 0 Å². The summed E-state index contributed by atoms with van der Waals surface area (Å²) >= 11 is 0. The molecule has 1 nitrogen and oxygen atoms in total. The van der Waals surface area contributed by atoms with E-state index in [1.807, 2.05) is 0 Å². The van der Waals surface area contributed by atoms with Gasteiger partial charge in [0, 0.05) is 11.6 Å². The number of nitrogens with one attached hydrogen (secondary N) is 1. The molecule has 1 heteroatoms. The van der Waals surface area contributed by atoms with Crippen LogP contribution in [0.25, 0.3) is 0 Å². The smallest absolute Gasteiger partial charge is 0.0156 e. The third kappa shape index (κ3) is 1.25. The quantitative estimate of drug-likeness (QED) is 0.710. The Morgan fingerprint density at radius 2 is 1.64 bits per heavy atom. The minimum atomic E-state index is 0.528. The largest absolute Gasteiger partial charge is 0.308 e. The van der Waals surface area contributed by atoms with E-state index in [-0.39, 0.29) is 0 Å². The summed E-state index contributed by atoms with van der Waals surface area (Å²) in [7, 11) is 0. The second-order valence-corrected chi connectivity index (χ2v) is 6.22. The highest BCUT2D eigenvalue weighted by Crippen LogP contribution is 2.54. The molecule has 0 bridgehead atoms. The van der Waals surface area contributed by atoms with Gasteiger partial charge in [-0.25, -0.2) is 0 Å². The molecule has 80 valence electrons. The molecular formula is C13H23N. The van der Waals surface area contributed by atoms with Crippen LogP contribution >= 0.6 is 0 Å².